The van der Waals surface area contributed by atoms with Gasteiger partial charge in [0.05, 0.1) is 13.2 Å². The van der Waals surface area contributed by atoms with Crippen molar-refractivity contribution in [2.45, 2.75) is 12.6 Å². The second-order valence-corrected chi connectivity index (χ2v) is 6.56. The van der Waals surface area contributed by atoms with Crippen LogP contribution in [0.3, 0.4) is 0 Å². The first-order valence-electron chi connectivity index (χ1n) is 8.53. The lowest BCUT2D eigenvalue weighted by molar-refractivity contribution is 0.298. The third-order valence-electron chi connectivity index (χ3n) is 4.21. The number of likely N-dealkylation sites (N-methyl/N-ethyl adjacent to an activating group) is 1. The van der Waals surface area contributed by atoms with Crippen molar-refractivity contribution in [1.29, 1.82) is 0 Å². The zero-order chi connectivity index (χ0) is 18.9. The zero-order valence-corrected chi connectivity index (χ0v) is 19.3. The van der Waals surface area contributed by atoms with Crippen molar-refractivity contribution < 1.29 is 4.74 Å². The minimum atomic E-state index is 0. The van der Waals surface area contributed by atoms with Crippen molar-refractivity contribution in [3.8, 4) is 5.75 Å². The summed E-state index contributed by atoms with van der Waals surface area (Å²) in [5.74, 6) is 1.60. The van der Waals surface area contributed by atoms with Crippen LogP contribution in [-0.4, -0.2) is 45.7 Å². The van der Waals surface area contributed by atoms with Gasteiger partial charge in [0.2, 0.25) is 0 Å². The molecule has 0 aliphatic rings. The first-order valence-corrected chi connectivity index (χ1v) is 8.91. The van der Waals surface area contributed by atoms with E-state index in [1.54, 1.807) is 14.2 Å². The predicted molar refractivity (Wildman–Crippen MR) is 124 cm³/mol. The number of benzene rings is 2. The fourth-order valence-corrected chi connectivity index (χ4v) is 2.86. The lowest BCUT2D eigenvalue weighted by Gasteiger charge is -2.26. The van der Waals surface area contributed by atoms with E-state index in [4.69, 9.17) is 16.3 Å². The third-order valence-corrected chi connectivity index (χ3v) is 4.58. The summed E-state index contributed by atoms with van der Waals surface area (Å²) in [5.41, 5.74) is 2.25. The van der Waals surface area contributed by atoms with Crippen LogP contribution in [-0.2, 0) is 6.54 Å². The number of nitrogens with zero attached hydrogens (tertiary/aromatic N) is 2. The molecule has 0 aliphatic carbocycles. The molecule has 7 heteroatoms. The Morgan fingerprint density at radius 1 is 1.11 bits per heavy atom. The van der Waals surface area contributed by atoms with Crippen LogP contribution >= 0.6 is 35.6 Å². The molecule has 2 N–H and O–H groups in total. The zero-order valence-electron chi connectivity index (χ0n) is 16.2. The maximum Gasteiger partial charge on any atom is 0.191 e. The largest absolute Gasteiger partial charge is 0.497 e. The fraction of sp³-hybridized carbons (Fsp3) is 0.350. The molecule has 0 aliphatic heterocycles. The van der Waals surface area contributed by atoms with Crippen LogP contribution in [0.2, 0.25) is 5.02 Å². The average molecular weight is 503 g/mol. The molecule has 0 saturated carbocycles. The Morgan fingerprint density at radius 3 is 2.33 bits per heavy atom. The molecule has 0 aromatic heterocycles. The summed E-state index contributed by atoms with van der Waals surface area (Å²) < 4.78 is 5.24. The molecule has 0 bridgehead atoms. The highest BCUT2D eigenvalue weighted by molar-refractivity contribution is 14.0. The quantitative estimate of drug-likeness (QED) is 0.342. The molecule has 0 fully saturated rings. The van der Waals surface area contributed by atoms with E-state index in [2.05, 4.69) is 46.8 Å². The van der Waals surface area contributed by atoms with Gasteiger partial charge >= 0.3 is 0 Å². The van der Waals surface area contributed by atoms with E-state index in [1.807, 2.05) is 36.4 Å². The number of aliphatic imine (C=N–C) groups is 1. The lowest BCUT2D eigenvalue weighted by atomic mass is 10.1. The molecule has 2 aromatic carbocycles. The molecule has 1 unspecified atom stereocenters. The van der Waals surface area contributed by atoms with Crippen LogP contribution in [0.15, 0.2) is 53.5 Å². The summed E-state index contributed by atoms with van der Waals surface area (Å²) in [6.45, 7) is 1.34. The lowest BCUT2D eigenvalue weighted by Crippen LogP contribution is -2.41. The summed E-state index contributed by atoms with van der Waals surface area (Å²) >= 11 is 6.21. The molecule has 2 aromatic rings. The first-order chi connectivity index (χ1) is 12.5. The Kier molecular flexibility index (Phi) is 10.5. The molecule has 148 valence electrons. The van der Waals surface area contributed by atoms with E-state index < -0.39 is 0 Å². The molecule has 27 heavy (non-hydrogen) atoms. The minimum absolute atomic E-state index is 0. The van der Waals surface area contributed by atoms with Gasteiger partial charge in [-0.05, 0) is 43.4 Å². The SMILES string of the molecule is CN=C(NCc1ccccc1Cl)NCC(c1ccc(OC)cc1)N(C)C.I. The van der Waals surface area contributed by atoms with Crippen LogP contribution in [0.25, 0.3) is 0 Å². The first kappa shape index (κ1) is 23.5. The highest BCUT2D eigenvalue weighted by Gasteiger charge is 2.15. The molecule has 0 heterocycles. The molecule has 5 nitrogen and oxygen atoms in total. The maximum absolute atomic E-state index is 6.21. The van der Waals surface area contributed by atoms with Gasteiger partial charge in [-0.2, -0.15) is 0 Å². The molecular weight excluding hydrogens is 475 g/mol. The van der Waals surface area contributed by atoms with E-state index in [0.29, 0.717) is 6.54 Å². The van der Waals surface area contributed by atoms with Gasteiger partial charge in [0, 0.05) is 25.2 Å². The van der Waals surface area contributed by atoms with Crippen molar-refractivity contribution in [3.63, 3.8) is 0 Å². The fourth-order valence-electron chi connectivity index (χ4n) is 2.66. The van der Waals surface area contributed by atoms with Crippen molar-refractivity contribution in [1.82, 2.24) is 15.5 Å². The number of hydrogen-bond acceptors (Lipinski definition) is 3. The third kappa shape index (κ3) is 7.20. The molecule has 1 atom stereocenters. The van der Waals surface area contributed by atoms with Gasteiger partial charge < -0.3 is 20.3 Å². The Morgan fingerprint density at radius 2 is 1.78 bits per heavy atom. The summed E-state index contributed by atoms with van der Waals surface area (Å²) in [6, 6.07) is 16.1. The number of guanidine groups is 1. The van der Waals surface area contributed by atoms with Crippen molar-refractivity contribution >= 4 is 41.5 Å². The Bertz CT molecular complexity index is 722. The van der Waals surface area contributed by atoms with Crippen molar-refractivity contribution in [2.75, 3.05) is 34.8 Å². The molecule has 0 radical (unpaired) electrons. The van der Waals surface area contributed by atoms with Crippen LogP contribution in [0, 0.1) is 0 Å². The highest BCUT2D eigenvalue weighted by Crippen LogP contribution is 2.20. The number of nitrogens with one attached hydrogen (secondary N) is 2. The van der Waals surface area contributed by atoms with Crippen LogP contribution < -0.4 is 15.4 Å². The van der Waals surface area contributed by atoms with E-state index in [0.717, 1.165) is 28.8 Å². The molecule has 0 amide bonds. The monoisotopic (exact) mass is 502 g/mol. The molecular formula is C20H28ClIN4O. The van der Waals surface area contributed by atoms with E-state index in [1.165, 1.54) is 5.56 Å². The molecule has 2 rings (SSSR count). The van der Waals surface area contributed by atoms with Crippen LogP contribution in [0.1, 0.15) is 17.2 Å². The van der Waals surface area contributed by atoms with Crippen LogP contribution in [0.5, 0.6) is 5.75 Å². The summed E-state index contributed by atoms with van der Waals surface area (Å²) in [6.07, 6.45) is 0. The second kappa shape index (κ2) is 12.0. The van der Waals surface area contributed by atoms with E-state index in [-0.39, 0.29) is 30.0 Å². The predicted octanol–water partition coefficient (Wildman–Crippen LogP) is 3.93. The van der Waals surface area contributed by atoms with Crippen molar-refractivity contribution in [2.24, 2.45) is 4.99 Å². The van der Waals surface area contributed by atoms with Crippen LogP contribution in [0.4, 0.5) is 0 Å². The number of hydrogen-bond donors (Lipinski definition) is 2. The highest BCUT2D eigenvalue weighted by atomic mass is 127. The molecule has 0 saturated heterocycles. The summed E-state index contributed by atoms with van der Waals surface area (Å²) in [7, 11) is 7.57. The minimum Gasteiger partial charge on any atom is -0.497 e. The molecule has 0 spiro atoms. The topological polar surface area (TPSA) is 48.9 Å². The van der Waals surface area contributed by atoms with Crippen molar-refractivity contribution in [3.05, 3.63) is 64.7 Å². The van der Waals surface area contributed by atoms with E-state index in [9.17, 15) is 0 Å². The van der Waals surface area contributed by atoms with E-state index >= 15 is 0 Å². The summed E-state index contributed by atoms with van der Waals surface area (Å²) in [5, 5.41) is 7.45. The maximum atomic E-state index is 6.21. The van der Waals surface area contributed by atoms with Gasteiger partial charge in [0.25, 0.3) is 0 Å². The van der Waals surface area contributed by atoms with Gasteiger partial charge in [0.1, 0.15) is 5.75 Å². The Hall–Kier alpha value is -1.51. The van der Waals surface area contributed by atoms with Gasteiger partial charge in [-0.15, -0.1) is 24.0 Å². The Labute approximate surface area is 184 Å². The standard InChI is InChI=1S/C20H27ClN4O.HI/c1-22-20(23-13-16-7-5-6-8-18(16)21)24-14-19(25(2)3)15-9-11-17(26-4)12-10-15;/h5-12,19H,13-14H2,1-4H3,(H2,22,23,24);1H. The number of methoxy groups -OCH3 is 1. The van der Waals surface area contributed by atoms with Gasteiger partial charge in [-0.25, -0.2) is 0 Å². The number of halogens is 2. The Balaban J connectivity index is 0.00000364. The van der Waals surface area contributed by atoms with Gasteiger partial charge in [-0.1, -0.05) is 41.9 Å². The number of ether oxygens (including phenoxy) is 1. The normalized spacial score (nSPS) is 12.3. The summed E-state index contributed by atoms with van der Waals surface area (Å²) in [4.78, 5) is 6.47. The average Bonchev–Trinajstić information content (AvgIpc) is 2.65. The second-order valence-electron chi connectivity index (χ2n) is 6.15. The van der Waals surface area contributed by atoms with Gasteiger partial charge in [-0.3, -0.25) is 4.99 Å². The van der Waals surface area contributed by atoms with Gasteiger partial charge in [0.15, 0.2) is 5.96 Å². The smallest absolute Gasteiger partial charge is 0.191 e. The number of rotatable bonds is 7.